The molecular weight excluding hydrogens is 422 g/mol. The number of carbonyl (C=O) groups is 1. The first-order chi connectivity index (χ1) is 16.3. The molecule has 0 spiro atoms. The quantitative estimate of drug-likeness (QED) is 0.402. The average Bonchev–Trinajstić information content (AvgIpc) is 2.83. The van der Waals surface area contributed by atoms with Crippen LogP contribution in [0.25, 0.3) is 11.1 Å². The Labute approximate surface area is 203 Å². The molecule has 0 aromatic heterocycles. The maximum Gasteiger partial charge on any atom is 0.410 e. The van der Waals surface area contributed by atoms with Crippen LogP contribution in [0.1, 0.15) is 56.2 Å². The van der Waals surface area contributed by atoms with Crippen LogP contribution in [0.5, 0.6) is 5.75 Å². The zero-order chi connectivity index (χ0) is 24.1. The fourth-order valence-electron chi connectivity index (χ4n) is 4.44. The smallest absolute Gasteiger partial charge is 0.410 e. The van der Waals surface area contributed by atoms with Gasteiger partial charge >= 0.3 is 6.09 Å². The summed E-state index contributed by atoms with van der Waals surface area (Å²) < 4.78 is 11.6. The van der Waals surface area contributed by atoms with Gasteiger partial charge in [0.15, 0.2) is 0 Å². The monoisotopic (exact) mass is 457 g/mol. The van der Waals surface area contributed by atoms with Crippen molar-refractivity contribution in [1.82, 2.24) is 4.90 Å². The standard InChI is InChI=1S/C30H35NO3/c1-22-20-27(14-15-28(22)26-8-6-5-7-9-26)33-21-23-10-12-24(13-11-23)25-16-18-31(19-17-25)29(32)34-30(2,3)4/h5-15,20,25H,16-19,21H2,1-4H3. The summed E-state index contributed by atoms with van der Waals surface area (Å²) in [5.74, 6) is 1.36. The van der Waals surface area contributed by atoms with E-state index in [-0.39, 0.29) is 6.09 Å². The number of likely N-dealkylation sites (tertiary alicyclic amines) is 1. The minimum absolute atomic E-state index is 0.203. The molecule has 3 aromatic carbocycles. The summed E-state index contributed by atoms with van der Waals surface area (Å²) >= 11 is 0. The second-order valence-corrected chi connectivity index (χ2v) is 10.1. The molecular formula is C30H35NO3. The largest absolute Gasteiger partial charge is 0.489 e. The van der Waals surface area contributed by atoms with Crippen LogP contribution in [0.2, 0.25) is 0 Å². The van der Waals surface area contributed by atoms with Crippen molar-refractivity contribution < 1.29 is 14.3 Å². The molecule has 4 nitrogen and oxygen atoms in total. The predicted octanol–water partition coefficient (Wildman–Crippen LogP) is 7.36. The molecule has 3 aromatic rings. The van der Waals surface area contributed by atoms with Crippen LogP contribution in [0.4, 0.5) is 4.79 Å². The number of carbonyl (C=O) groups excluding carboxylic acids is 1. The van der Waals surface area contributed by atoms with Gasteiger partial charge in [-0.25, -0.2) is 4.79 Å². The van der Waals surface area contributed by atoms with Crippen LogP contribution in [-0.4, -0.2) is 29.7 Å². The molecule has 1 aliphatic heterocycles. The lowest BCUT2D eigenvalue weighted by molar-refractivity contribution is 0.0205. The third kappa shape index (κ3) is 6.19. The fourth-order valence-corrected chi connectivity index (χ4v) is 4.44. The molecule has 0 atom stereocenters. The first-order valence-corrected chi connectivity index (χ1v) is 12.1. The summed E-state index contributed by atoms with van der Waals surface area (Å²) in [7, 11) is 0. The molecule has 1 fully saturated rings. The molecule has 4 rings (SSSR count). The maximum absolute atomic E-state index is 12.3. The third-order valence-corrected chi connectivity index (χ3v) is 6.29. The van der Waals surface area contributed by atoms with Gasteiger partial charge in [-0.2, -0.15) is 0 Å². The number of ether oxygens (including phenoxy) is 2. The molecule has 0 radical (unpaired) electrons. The molecule has 0 aliphatic carbocycles. The number of nitrogens with zero attached hydrogens (tertiary/aromatic N) is 1. The molecule has 34 heavy (non-hydrogen) atoms. The second kappa shape index (κ2) is 10.3. The van der Waals surface area contributed by atoms with Crippen LogP contribution in [-0.2, 0) is 11.3 Å². The van der Waals surface area contributed by atoms with Gasteiger partial charge in [-0.15, -0.1) is 0 Å². The first kappa shape index (κ1) is 23.9. The van der Waals surface area contributed by atoms with Crippen LogP contribution in [0, 0.1) is 6.92 Å². The van der Waals surface area contributed by atoms with Crippen LogP contribution in [0.3, 0.4) is 0 Å². The lowest BCUT2D eigenvalue weighted by Crippen LogP contribution is -2.41. The normalized spacial score (nSPS) is 14.6. The minimum atomic E-state index is -0.450. The Hall–Kier alpha value is -3.27. The molecule has 1 saturated heterocycles. The highest BCUT2D eigenvalue weighted by Crippen LogP contribution is 2.30. The predicted molar refractivity (Wildman–Crippen MR) is 137 cm³/mol. The molecule has 0 unspecified atom stereocenters. The van der Waals surface area contributed by atoms with Crippen molar-refractivity contribution in [2.24, 2.45) is 0 Å². The van der Waals surface area contributed by atoms with Gasteiger partial charge in [-0.3, -0.25) is 0 Å². The zero-order valence-electron chi connectivity index (χ0n) is 20.7. The molecule has 1 aliphatic rings. The van der Waals surface area contributed by atoms with Gasteiger partial charge in [0.25, 0.3) is 0 Å². The number of benzene rings is 3. The van der Waals surface area contributed by atoms with E-state index in [2.05, 4.69) is 67.6 Å². The van der Waals surface area contributed by atoms with Crippen molar-refractivity contribution in [1.29, 1.82) is 0 Å². The summed E-state index contributed by atoms with van der Waals surface area (Å²) in [4.78, 5) is 14.1. The molecule has 4 heteroatoms. The Morgan fingerprint density at radius 3 is 2.24 bits per heavy atom. The van der Waals surface area contributed by atoms with E-state index in [4.69, 9.17) is 9.47 Å². The Morgan fingerprint density at radius 2 is 1.62 bits per heavy atom. The van der Waals surface area contributed by atoms with E-state index in [0.29, 0.717) is 12.5 Å². The van der Waals surface area contributed by atoms with Crippen molar-refractivity contribution in [3.8, 4) is 16.9 Å². The lowest BCUT2D eigenvalue weighted by Gasteiger charge is -2.33. The van der Waals surface area contributed by atoms with Crippen molar-refractivity contribution in [3.05, 3.63) is 89.5 Å². The SMILES string of the molecule is Cc1cc(OCc2ccc(C3CCN(C(=O)OC(C)(C)C)CC3)cc2)ccc1-c1ccccc1. The number of rotatable bonds is 5. The van der Waals surface area contributed by atoms with Gasteiger partial charge in [-0.05, 0) is 86.4 Å². The summed E-state index contributed by atoms with van der Waals surface area (Å²) in [6, 6.07) is 25.4. The van der Waals surface area contributed by atoms with E-state index in [1.807, 2.05) is 37.8 Å². The van der Waals surface area contributed by atoms with E-state index in [1.165, 1.54) is 22.3 Å². The number of hydrogen-bond donors (Lipinski definition) is 0. The number of hydrogen-bond acceptors (Lipinski definition) is 3. The van der Waals surface area contributed by atoms with E-state index >= 15 is 0 Å². The molecule has 0 bridgehead atoms. The molecule has 178 valence electrons. The Kier molecular flexibility index (Phi) is 7.26. The topological polar surface area (TPSA) is 38.8 Å². The van der Waals surface area contributed by atoms with E-state index < -0.39 is 5.60 Å². The van der Waals surface area contributed by atoms with Gasteiger partial charge in [-0.1, -0.05) is 60.7 Å². The molecule has 1 heterocycles. The van der Waals surface area contributed by atoms with Crippen molar-refractivity contribution in [3.63, 3.8) is 0 Å². The van der Waals surface area contributed by atoms with E-state index in [0.717, 1.165) is 37.2 Å². The zero-order valence-corrected chi connectivity index (χ0v) is 20.7. The van der Waals surface area contributed by atoms with E-state index in [1.54, 1.807) is 0 Å². The van der Waals surface area contributed by atoms with Gasteiger partial charge in [0, 0.05) is 13.1 Å². The Morgan fingerprint density at radius 1 is 0.941 bits per heavy atom. The average molecular weight is 458 g/mol. The van der Waals surface area contributed by atoms with Crippen molar-refractivity contribution >= 4 is 6.09 Å². The third-order valence-electron chi connectivity index (χ3n) is 6.29. The second-order valence-electron chi connectivity index (χ2n) is 10.1. The van der Waals surface area contributed by atoms with Gasteiger partial charge in [0.1, 0.15) is 18.0 Å². The summed E-state index contributed by atoms with van der Waals surface area (Å²) in [5, 5.41) is 0. The highest BCUT2D eigenvalue weighted by molar-refractivity contribution is 5.68. The van der Waals surface area contributed by atoms with Crippen LogP contribution in [0.15, 0.2) is 72.8 Å². The minimum Gasteiger partial charge on any atom is -0.489 e. The van der Waals surface area contributed by atoms with Crippen molar-refractivity contribution in [2.75, 3.05) is 13.1 Å². The number of aryl methyl sites for hydroxylation is 1. The lowest BCUT2D eigenvalue weighted by atomic mass is 9.89. The van der Waals surface area contributed by atoms with Crippen molar-refractivity contribution in [2.45, 2.75) is 58.7 Å². The van der Waals surface area contributed by atoms with Crippen LogP contribution < -0.4 is 4.74 Å². The summed E-state index contributed by atoms with van der Waals surface area (Å²) in [6.45, 7) is 9.86. The van der Waals surface area contributed by atoms with Gasteiger partial charge in [0.05, 0.1) is 0 Å². The number of piperidine rings is 1. The number of amides is 1. The van der Waals surface area contributed by atoms with E-state index in [9.17, 15) is 4.79 Å². The Balaban J connectivity index is 1.29. The summed E-state index contributed by atoms with van der Waals surface area (Å²) in [6.07, 6.45) is 1.72. The molecule has 0 N–H and O–H groups in total. The Bertz CT molecular complexity index is 1090. The highest BCUT2D eigenvalue weighted by Gasteiger charge is 2.27. The fraction of sp³-hybridized carbons (Fsp3) is 0.367. The van der Waals surface area contributed by atoms with Crippen LogP contribution >= 0.6 is 0 Å². The summed E-state index contributed by atoms with van der Waals surface area (Å²) in [5.41, 5.74) is 5.69. The highest BCUT2D eigenvalue weighted by atomic mass is 16.6. The first-order valence-electron chi connectivity index (χ1n) is 12.1. The maximum atomic E-state index is 12.3. The molecule has 1 amide bonds. The van der Waals surface area contributed by atoms with Gasteiger partial charge < -0.3 is 14.4 Å². The van der Waals surface area contributed by atoms with Gasteiger partial charge in [0.2, 0.25) is 0 Å². The molecule has 0 saturated carbocycles.